The maximum absolute atomic E-state index is 13.2. The highest BCUT2D eigenvalue weighted by atomic mass is 19.4. The maximum atomic E-state index is 13.2. The average Bonchev–Trinajstić information content (AvgIpc) is 2.88. The van der Waals surface area contributed by atoms with Crippen molar-refractivity contribution in [3.8, 4) is 17.3 Å². The number of nitrogens with one attached hydrogen (secondary N) is 1. The van der Waals surface area contributed by atoms with Crippen molar-refractivity contribution in [2.45, 2.75) is 12.3 Å². The molecule has 4 aromatic rings. The smallest absolute Gasteiger partial charge is 0.416 e. The van der Waals surface area contributed by atoms with E-state index in [1.807, 2.05) is 0 Å². The fourth-order valence-electron chi connectivity index (χ4n) is 3.55. The molecule has 0 saturated carbocycles. The van der Waals surface area contributed by atoms with Crippen molar-refractivity contribution in [1.29, 1.82) is 0 Å². The predicted octanol–water partition coefficient (Wildman–Crippen LogP) is 3.00. The van der Waals surface area contributed by atoms with Crippen molar-refractivity contribution >= 4 is 22.6 Å². The Labute approximate surface area is 207 Å². The zero-order valence-electron chi connectivity index (χ0n) is 19.4. The molecule has 0 aliphatic rings. The van der Waals surface area contributed by atoms with E-state index in [1.54, 1.807) is 6.07 Å². The molecule has 4 rings (SSSR count). The molecule has 2 aromatic carbocycles. The number of alkyl halides is 3. The third-order valence-corrected chi connectivity index (χ3v) is 5.40. The minimum atomic E-state index is -4.59. The van der Waals surface area contributed by atoms with Crippen LogP contribution in [0.1, 0.15) is 15.9 Å². The molecule has 0 radical (unpaired) electrons. The van der Waals surface area contributed by atoms with E-state index in [-0.39, 0.29) is 46.2 Å². The van der Waals surface area contributed by atoms with Gasteiger partial charge in [0.25, 0.3) is 11.5 Å². The summed E-state index contributed by atoms with van der Waals surface area (Å²) in [5.74, 6) is -0.525. The molecule has 0 saturated heterocycles. The normalized spacial score (nSPS) is 12.4. The monoisotopic (exact) mass is 514 g/mol. The van der Waals surface area contributed by atoms with Gasteiger partial charge < -0.3 is 20.3 Å². The van der Waals surface area contributed by atoms with Crippen LogP contribution in [-0.2, 0) is 13.2 Å². The number of pyridine rings is 1. The van der Waals surface area contributed by atoms with Crippen LogP contribution in [0.25, 0.3) is 22.3 Å². The third-order valence-electron chi connectivity index (χ3n) is 5.40. The lowest BCUT2D eigenvalue weighted by atomic mass is 10.1. The lowest BCUT2D eigenvalue weighted by molar-refractivity contribution is -0.137. The fraction of sp³-hybridized carbons (Fsp3) is 0.200. The number of fused-ring (bicyclic) bond motifs is 1. The summed E-state index contributed by atoms with van der Waals surface area (Å²) in [6.45, 7) is -0.706. The molecule has 0 spiro atoms. The Morgan fingerprint density at radius 3 is 2.57 bits per heavy atom. The second-order valence-corrected chi connectivity index (χ2v) is 8.04. The zero-order chi connectivity index (χ0) is 26.7. The Morgan fingerprint density at radius 1 is 1.11 bits per heavy atom. The van der Waals surface area contributed by atoms with E-state index in [4.69, 9.17) is 9.84 Å². The quantitative estimate of drug-likeness (QED) is 0.346. The molecule has 0 aliphatic heterocycles. The Morgan fingerprint density at radius 2 is 1.84 bits per heavy atom. The molecule has 12 heteroatoms. The van der Waals surface area contributed by atoms with E-state index in [1.165, 1.54) is 49.5 Å². The molecule has 192 valence electrons. The molecule has 1 atom stereocenters. The molecule has 3 N–H and O–H groups in total. The van der Waals surface area contributed by atoms with Crippen LogP contribution in [0.15, 0.2) is 65.5 Å². The highest BCUT2D eigenvalue weighted by Crippen LogP contribution is 2.32. The van der Waals surface area contributed by atoms with Crippen molar-refractivity contribution in [3.05, 3.63) is 82.1 Å². The number of carbonyl (C=O) groups is 1. The maximum Gasteiger partial charge on any atom is 0.416 e. The van der Waals surface area contributed by atoms with Crippen LogP contribution >= 0.6 is 0 Å². The van der Waals surface area contributed by atoms with Gasteiger partial charge in [0.15, 0.2) is 0 Å². The minimum Gasteiger partial charge on any atom is -0.475 e. The minimum absolute atomic E-state index is 0.00671. The molecule has 0 unspecified atom stereocenters. The van der Waals surface area contributed by atoms with Gasteiger partial charge >= 0.3 is 6.18 Å². The van der Waals surface area contributed by atoms with Gasteiger partial charge in [-0.15, -0.1) is 0 Å². The summed E-state index contributed by atoms with van der Waals surface area (Å²) in [5.41, 5.74) is -1.36. The molecule has 37 heavy (non-hydrogen) atoms. The summed E-state index contributed by atoms with van der Waals surface area (Å²) in [7, 11) is 1.39. The number of rotatable bonds is 7. The lowest BCUT2D eigenvalue weighted by Gasteiger charge is -2.14. The van der Waals surface area contributed by atoms with E-state index in [0.717, 1.165) is 16.7 Å². The topological polar surface area (TPSA) is 127 Å². The van der Waals surface area contributed by atoms with Gasteiger partial charge in [-0.2, -0.15) is 18.2 Å². The van der Waals surface area contributed by atoms with Crippen molar-refractivity contribution in [1.82, 2.24) is 14.5 Å². The van der Waals surface area contributed by atoms with Crippen molar-refractivity contribution in [2.24, 2.45) is 7.05 Å². The number of para-hydroxylation sites is 1. The Bertz CT molecular complexity index is 1520. The van der Waals surface area contributed by atoms with Gasteiger partial charge in [-0.05, 0) is 30.3 Å². The third kappa shape index (κ3) is 5.60. The van der Waals surface area contributed by atoms with Gasteiger partial charge in [0.1, 0.15) is 24.4 Å². The highest BCUT2D eigenvalue weighted by Gasteiger charge is 2.31. The second-order valence-electron chi connectivity index (χ2n) is 8.04. The molecule has 0 bridgehead atoms. The standard InChI is InChI=1S/C25H21F3N4O5/c1-32-22(14-5-2-6-15(11-14)25(26,27)28)31-21-17(7-3-8-18(21)24(32)36)23(35)30-19-9-4-10-20(29-19)37-13-16(34)12-33/h2-11,16,33-34H,12-13H2,1H3,(H,29,30,35)/t16-/m0/s1. The van der Waals surface area contributed by atoms with Crippen molar-refractivity contribution < 1.29 is 32.9 Å². The van der Waals surface area contributed by atoms with E-state index in [9.17, 15) is 27.9 Å². The van der Waals surface area contributed by atoms with Crippen molar-refractivity contribution in [2.75, 3.05) is 18.5 Å². The van der Waals surface area contributed by atoms with Gasteiger partial charge in [-0.1, -0.05) is 24.3 Å². The molecule has 2 aromatic heterocycles. The van der Waals surface area contributed by atoms with Gasteiger partial charge in [0.05, 0.1) is 28.6 Å². The first kappa shape index (κ1) is 25.8. The van der Waals surface area contributed by atoms with Gasteiger partial charge in [-0.3, -0.25) is 14.2 Å². The van der Waals surface area contributed by atoms with E-state index in [0.29, 0.717) is 0 Å². The van der Waals surface area contributed by atoms with E-state index in [2.05, 4.69) is 15.3 Å². The first-order valence-corrected chi connectivity index (χ1v) is 11.0. The number of hydrogen-bond donors (Lipinski definition) is 3. The van der Waals surface area contributed by atoms with Gasteiger partial charge in [0, 0.05) is 18.7 Å². The molecule has 0 aliphatic carbocycles. The summed E-state index contributed by atoms with van der Waals surface area (Å²) >= 11 is 0. The second kappa shape index (κ2) is 10.4. The zero-order valence-corrected chi connectivity index (χ0v) is 19.4. The van der Waals surface area contributed by atoms with Crippen LogP contribution in [0.3, 0.4) is 0 Å². The van der Waals surface area contributed by atoms with E-state index < -0.39 is 35.9 Å². The van der Waals surface area contributed by atoms with Crippen LogP contribution in [0.5, 0.6) is 5.88 Å². The number of benzene rings is 2. The van der Waals surface area contributed by atoms with E-state index >= 15 is 0 Å². The Hall–Kier alpha value is -4.29. The largest absolute Gasteiger partial charge is 0.475 e. The first-order valence-electron chi connectivity index (χ1n) is 11.0. The number of carbonyl (C=O) groups excluding carboxylic acids is 1. The van der Waals surface area contributed by atoms with Crippen LogP contribution < -0.4 is 15.6 Å². The number of aliphatic hydroxyl groups excluding tert-OH is 2. The average molecular weight is 514 g/mol. The SMILES string of the molecule is Cn1c(-c2cccc(C(F)(F)F)c2)nc2c(C(=O)Nc3cccc(OC[C@@H](O)CO)n3)cccc2c1=O. The van der Waals surface area contributed by atoms with Crippen LogP contribution in [0.4, 0.5) is 19.0 Å². The van der Waals surface area contributed by atoms with Crippen LogP contribution in [0.2, 0.25) is 0 Å². The molecule has 2 heterocycles. The van der Waals surface area contributed by atoms with Crippen LogP contribution in [-0.4, -0.2) is 50.0 Å². The first-order chi connectivity index (χ1) is 17.6. The number of nitrogens with zero attached hydrogens (tertiary/aromatic N) is 3. The summed E-state index contributed by atoms with van der Waals surface area (Å²) in [5, 5.41) is 21.0. The summed E-state index contributed by atoms with van der Waals surface area (Å²) < 4.78 is 46.1. The number of aliphatic hydroxyl groups is 2. The molecule has 1 amide bonds. The number of aromatic nitrogens is 3. The van der Waals surface area contributed by atoms with Crippen molar-refractivity contribution in [3.63, 3.8) is 0 Å². The molecular weight excluding hydrogens is 493 g/mol. The molecule has 9 nitrogen and oxygen atoms in total. The summed E-state index contributed by atoms with van der Waals surface area (Å²) in [6.07, 6.45) is -5.69. The fourth-order valence-corrected chi connectivity index (χ4v) is 3.55. The number of hydrogen-bond acceptors (Lipinski definition) is 7. The lowest BCUT2D eigenvalue weighted by Crippen LogP contribution is -2.23. The Balaban J connectivity index is 1.72. The summed E-state index contributed by atoms with van der Waals surface area (Å²) in [4.78, 5) is 34.7. The van der Waals surface area contributed by atoms with Crippen LogP contribution in [0, 0.1) is 0 Å². The Kier molecular flexibility index (Phi) is 7.23. The van der Waals surface area contributed by atoms with Gasteiger partial charge in [-0.25, -0.2) is 4.98 Å². The predicted molar refractivity (Wildman–Crippen MR) is 128 cm³/mol. The molecular formula is C25H21F3N4O5. The summed E-state index contributed by atoms with van der Waals surface area (Å²) in [6, 6.07) is 13.3. The number of ether oxygens (including phenoxy) is 1. The number of anilines is 1. The highest BCUT2D eigenvalue weighted by molar-refractivity contribution is 6.11. The number of amides is 1. The molecule has 0 fully saturated rings. The number of halogens is 3. The van der Waals surface area contributed by atoms with Gasteiger partial charge in [0.2, 0.25) is 5.88 Å².